The van der Waals surface area contributed by atoms with Gasteiger partial charge in [0.05, 0.1) is 5.92 Å². The van der Waals surface area contributed by atoms with E-state index in [1.54, 1.807) is 60.7 Å². The summed E-state index contributed by atoms with van der Waals surface area (Å²) in [5.41, 5.74) is 1.36. The summed E-state index contributed by atoms with van der Waals surface area (Å²) < 4.78 is 42.0. The Bertz CT molecular complexity index is 809. The highest BCUT2D eigenvalue weighted by atomic mass is 19.4. The lowest BCUT2D eigenvalue weighted by atomic mass is 9.90. The van der Waals surface area contributed by atoms with E-state index in [1.165, 1.54) is 0 Å². The molecule has 0 bridgehead atoms. The normalized spacial score (nSPS) is 11.5. The van der Waals surface area contributed by atoms with E-state index in [9.17, 15) is 18.0 Å². The molecule has 0 saturated heterocycles. The van der Waals surface area contributed by atoms with Gasteiger partial charge in [-0.1, -0.05) is 65.8 Å². The summed E-state index contributed by atoms with van der Waals surface area (Å²) in [6.07, 6.45) is -4.77. The largest absolute Gasteiger partial charge is 0.470 e. The van der Waals surface area contributed by atoms with Crippen LogP contribution in [0.1, 0.15) is 22.9 Å². The Balaban J connectivity index is 1.89. The second kappa shape index (κ2) is 6.76. The van der Waals surface area contributed by atoms with Gasteiger partial charge >= 0.3 is 18.1 Å². The third-order valence-corrected chi connectivity index (χ3v) is 3.43. The first-order valence-electron chi connectivity index (χ1n) is 7.26. The van der Waals surface area contributed by atoms with Crippen LogP contribution in [0.25, 0.3) is 0 Å². The van der Waals surface area contributed by atoms with Crippen LogP contribution in [-0.2, 0) is 11.0 Å². The van der Waals surface area contributed by atoms with Crippen molar-refractivity contribution in [1.29, 1.82) is 0 Å². The van der Waals surface area contributed by atoms with E-state index in [2.05, 4.69) is 19.9 Å². The Morgan fingerprint density at radius 2 is 1.44 bits per heavy atom. The number of carbonyl (C=O) groups is 1. The van der Waals surface area contributed by atoms with E-state index >= 15 is 0 Å². The van der Waals surface area contributed by atoms with Gasteiger partial charge in [0.25, 0.3) is 0 Å². The lowest BCUT2D eigenvalue weighted by molar-refractivity contribution is -0.157. The van der Waals surface area contributed by atoms with Gasteiger partial charge in [-0.25, -0.2) is 0 Å². The molecule has 5 nitrogen and oxygen atoms in total. The van der Waals surface area contributed by atoms with Gasteiger partial charge in [-0.2, -0.15) is 13.2 Å². The number of benzene rings is 2. The van der Waals surface area contributed by atoms with E-state index in [0.717, 1.165) is 0 Å². The zero-order chi connectivity index (χ0) is 17.9. The Morgan fingerprint density at radius 3 is 1.88 bits per heavy atom. The fourth-order valence-electron chi connectivity index (χ4n) is 2.35. The molecule has 3 aromatic rings. The molecule has 0 aliphatic carbocycles. The topological polar surface area (TPSA) is 68.0 Å². The summed E-state index contributed by atoms with van der Waals surface area (Å²) in [5, 5.41) is 8.36. The predicted octanol–water partition coefficient (Wildman–Crippen LogP) is 3.86. The average molecular weight is 347 g/mol. The van der Waals surface area contributed by atoms with Crippen LogP contribution in [0.15, 0.2) is 65.1 Å². The van der Waals surface area contributed by atoms with Crippen LogP contribution in [0.5, 0.6) is 0 Å². The average Bonchev–Trinajstić information content (AvgIpc) is 3.06. The van der Waals surface area contributed by atoms with Crippen LogP contribution in [0, 0.1) is 0 Å². The number of anilines is 1. The first-order chi connectivity index (χ1) is 11.9. The molecule has 1 amide bonds. The Labute approximate surface area is 140 Å². The quantitative estimate of drug-likeness (QED) is 0.778. The van der Waals surface area contributed by atoms with Gasteiger partial charge in [-0.3, -0.25) is 10.1 Å². The van der Waals surface area contributed by atoms with Crippen molar-refractivity contribution < 1.29 is 22.4 Å². The molecule has 0 fully saturated rings. The number of aromatic nitrogens is 2. The number of nitrogens with zero attached hydrogens (tertiary/aromatic N) is 2. The number of nitrogens with one attached hydrogen (secondary N) is 1. The minimum absolute atomic E-state index is 0.574. The number of alkyl halides is 3. The van der Waals surface area contributed by atoms with E-state index < -0.39 is 29.9 Å². The molecule has 2 aromatic carbocycles. The number of amides is 1. The Kier molecular flexibility index (Phi) is 4.51. The molecule has 1 N–H and O–H groups in total. The van der Waals surface area contributed by atoms with Crippen LogP contribution in [-0.4, -0.2) is 16.1 Å². The van der Waals surface area contributed by atoms with E-state index in [1.807, 2.05) is 0 Å². The maximum atomic E-state index is 12.7. The Morgan fingerprint density at radius 1 is 0.920 bits per heavy atom. The molecular formula is C17H12F3N3O2. The molecule has 0 aliphatic heterocycles. The van der Waals surface area contributed by atoms with Crippen LogP contribution < -0.4 is 5.32 Å². The highest BCUT2D eigenvalue weighted by molar-refractivity contribution is 5.96. The van der Waals surface area contributed by atoms with Gasteiger partial charge in [0.2, 0.25) is 5.91 Å². The lowest BCUT2D eigenvalue weighted by Crippen LogP contribution is -2.22. The maximum absolute atomic E-state index is 12.7. The number of hydrogen-bond acceptors (Lipinski definition) is 4. The van der Waals surface area contributed by atoms with Crippen molar-refractivity contribution in [3.05, 3.63) is 77.7 Å². The first kappa shape index (κ1) is 16.7. The monoisotopic (exact) mass is 347 g/mol. The molecule has 0 radical (unpaired) electrons. The second-order valence-electron chi connectivity index (χ2n) is 5.15. The SMILES string of the molecule is O=C(Nc1nnc(C(F)(F)F)o1)C(c1ccccc1)c1ccccc1. The molecule has 0 unspecified atom stereocenters. The summed E-state index contributed by atoms with van der Waals surface area (Å²) in [6, 6.07) is 17.1. The van der Waals surface area contributed by atoms with Crippen molar-refractivity contribution in [1.82, 2.24) is 10.2 Å². The van der Waals surface area contributed by atoms with Crippen molar-refractivity contribution in [2.24, 2.45) is 0 Å². The Hall–Kier alpha value is -3.16. The molecule has 128 valence electrons. The molecule has 0 spiro atoms. The standard InChI is InChI=1S/C17H12F3N3O2/c18-17(19,20)15-22-23-16(25-15)21-14(24)13(11-7-3-1-4-8-11)12-9-5-2-6-10-12/h1-10,13H,(H,21,23,24). The van der Waals surface area contributed by atoms with Crippen LogP contribution >= 0.6 is 0 Å². The van der Waals surface area contributed by atoms with Gasteiger partial charge in [0.15, 0.2) is 0 Å². The molecule has 8 heteroatoms. The van der Waals surface area contributed by atoms with Gasteiger partial charge in [0, 0.05) is 0 Å². The third kappa shape index (κ3) is 3.85. The molecule has 3 rings (SSSR count). The fraction of sp³-hybridized carbons (Fsp3) is 0.118. The van der Waals surface area contributed by atoms with Gasteiger partial charge in [-0.05, 0) is 11.1 Å². The van der Waals surface area contributed by atoms with E-state index in [4.69, 9.17) is 0 Å². The molecule has 0 aliphatic rings. The van der Waals surface area contributed by atoms with Gasteiger partial charge in [0.1, 0.15) is 0 Å². The second-order valence-corrected chi connectivity index (χ2v) is 5.15. The van der Waals surface area contributed by atoms with Crippen molar-refractivity contribution in [3.8, 4) is 0 Å². The highest BCUT2D eigenvalue weighted by Crippen LogP contribution is 2.30. The predicted molar refractivity (Wildman–Crippen MR) is 82.7 cm³/mol. The van der Waals surface area contributed by atoms with Gasteiger partial charge in [-0.15, -0.1) is 5.10 Å². The maximum Gasteiger partial charge on any atom is 0.470 e. The lowest BCUT2D eigenvalue weighted by Gasteiger charge is -2.16. The highest BCUT2D eigenvalue weighted by Gasteiger charge is 2.38. The van der Waals surface area contributed by atoms with Crippen molar-refractivity contribution in [3.63, 3.8) is 0 Å². The van der Waals surface area contributed by atoms with Crippen LogP contribution in [0.4, 0.5) is 19.2 Å². The zero-order valence-corrected chi connectivity index (χ0v) is 12.7. The summed E-state index contributed by atoms with van der Waals surface area (Å²) in [5.74, 6) is -2.82. The number of carbonyl (C=O) groups excluding carboxylic acids is 1. The fourth-order valence-corrected chi connectivity index (χ4v) is 2.35. The molecule has 0 atom stereocenters. The minimum Gasteiger partial charge on any atom is -0.399 e. The third-order valence-electron chi connectivity index (χ3n) is 3.43. The smallest absolute Gasteiger partial charge is 0.399 e. The molecule has 1 aromatic heterocycles. The van der Waals surface area contributed by atoms with Gasteiger partial charge < -0.3 is 4.42 Å². The van der Waals surface area contributed by atoms with Crippen molar-refractivity contribution in [2.45, 2.75) is 12.1 Å². The van der Waals surface area contributed by atoms with E-state index in [-0.39, 0.29) is 0 Å². The van der Waals surface area contributed by atoms with E-state index in [0.29, 0.717) is 11.1 Å². The molecule has 1 heterocycles. The van der Waals surface area contributed by atoms with Crippen molar-refractivity contribution in [2.75, 3.05) is 5.32 Å². The summed E-state index contributed by atoms with van der Waals surface area (Å²) >= 11 is 0. The zero-order valence-electron chi connectivity index (χ0n) is 12.7. The number of halogens is 3. The van der Waals surface area contributed by atoms with Crippen molar-refractivity contribution >= 4 is 11.9 Å². The molecular weight excluding hydrogens is 335 g/mol. The summed E-state index contributed by atoms with van der Waals surface area (Å²) in [4.78, 5) is 12.7. The first-order valence-corrected chi connectivity index (χ1v) is 7.26. The number of rotatable bonds is 4. The summed E-state index contributed by atoms with van der Waals surface area (Å²) in [7, 11) is 0. The van der Waals surface area contributed by atoms with Crippen LogP contribution in [0.3, 0.4) is 0 Å². The summed E-state index contributed by atoms with van der Waals surface area (Å²) in [6.45, 7) is 0. The van der Waals surface area contributed by atoms with Crippen LogP contribution in [0.2, 0.25) is 0 Å². The minimum atomic E-state index is -4.77. The molecule has 25 heavy (non-hydrogen) atoms. The number of hydrogen-bond donors (Lipinski definition) is 1. The molecule has 0 saturated carbocycles.